The molecule has 0 saturated heterocycles. The Morgan fingerprint density at radius 2 is 2.09 bits per heavy atom. The fourth-order valence-electron chi connectivity index (χ4n) is 2.88. The molecule has 1 radical (unpaired) electrons. The number of primary amides is 1. The number of hydrogen-bond acceptors (Lipinski definition) is 4. The lowest BCUT2D eigenvalue weighted by Gasteiger charge is -2.19. The van der Waals surface area contributed by atoms with Crippen molar-refractivity contribution in [2.45, 2.75) is 26.3 Å². The highest BCUT2D eigenvalue weighted by Gasteiger charge is 2.31. The summed E-state index contributed by atoms with van der Waals surface area (Å²) in [5, 5.41) is 0. The van der Waals surface area contributed by atoms with Gasteiger partial charge < -0.3 is 5.73 Å². The summed E-state index contributed by atoms with van der Waals surface area (Å²) in [4.78, 5) is 32.6. The second-order valence-electron chi connectivity index (χ2n) is 5.47. The van der Waals surface area contributed by atoms with Gasteiger partial charge in [0.1, 0.15) is 5.82 Å². The van der Waals surface area contributed by atoms with E-state index in [1.165, 1.54) is 6.07 Å². The Bertz CT molecular complexity index is 754. The normalized spacial score (nSPS) is 18.5. The number of nitrogens with two attached hydrogens (primary N) is 1. The van der Waals surface area contributed by atoms with Crippen LogP contribution in [0.15, 0.2) is 35.4 Å². The van der Waals surface area contributed by atoms with Crippen molar-refractivity contribution < 1.29 is 4.79 Å². The second-order valence-corrected chi connectivity index (χ2v) is 5.47. The van der Waals surface area contributed by atoms with E-state index in [1.807, 2.05) is 6.92 Å². The number of amides is 1. The van der Waals surface area contributed by atoms with Crippen molar-refractivity contribution in [1.29, 1.82) is 0 Å². The molecule has 6 heteroatoms. The van der Waals surface area contributed by atoms with Gasteiger partial charge in [0.25, 0.3) is 5.56 Å². The summed E-state index contributed by atoms with van der Waals surface area (Å²) in [6.45, 7) is 2.38. The molecule has 3 rings (SSSR count). The maximum atomic E-state index is 12.4. The topological polar surface area (TPSA) is 90.9 Å². The number of carbonyl (C=O) groups is 1. The van der Waals surface area contributed by atoms with Crippen molar-refractivity contribution in [2.75, 3.05) is 0 Å². The Hall–Kier alpha value is -2.50. The van der Waals surface area contributed by atoms with Crippen LogP contribution in [0.25, 0.3) is 11.3 Å². The van der Waals surface area contributed by atoms with Crippen LogP contribution in [0.4, 0.5) is 0 Å². The van der Waals surface area contributed by atoms with E-state index in [0.717, 1.165) is 17.9 Å². The highest BCUT2D eigenvalue weighted by atomic mass is 16.1. The lowest BCUT2D eigenvalue weighted by Crippen LogP contribution is -2.30. The Balaban J connectivity index is 2.14. The van der Waals surface area contributed by atoms with Crippen LogP contribution in [0, 0.1) is 11.8 Å². The molecule has 1 unspecified atom stereocenters. The predicted octanol–water partition coefficient (Wildman–Crippen LogP) is 1.14. The molecule has 0 spiro atoms. The number of carbonyl (C=O) groups excluding carboxylic acids is 1. The van der Waals surface area contributed by atoms with Crippen molar-refractivity contribution in [3.05, 3.63) is 52.7 Å². The van der Waals surface area contributed by atoms with E-state index in [9.17, 15) is 9.59 Å². The van der Waals surface area contributed by atoms with Gasteiger partial charge in [-0.3, -0.25) is 19.1 Å². The Morgan fingerprint density at radius 1 is 1.36 bits per heavy atom. The van der Waals surface area contributed by atoms with Gasteiger partial charge in [-0.25, -0.2) is 4.98 Å². The molecule has 2 aromatic rings. The molecule has 0 bridgehead atoms. The zero-order valence-corrected chi connectivity index (χ0v) is 12.3. The van der Waals surface area contributed by atoms with Gasteiger partial charge >= 0.3 is 0 Å². The number of nitrogens with zero attached hydrogens (tertiary/aromatic N) is 3. The van der Waals surface area contributed by atoms with Crippen molar-refractivity contribution >= 4 is 5.91 Å². The lowest BCUT2D eigenvalue weighted by molar-refractivity contribution is -0.121. The van der Waals surface area contributed by atoms with Crippen LogP contribution in [-0.2, 0) is 11.3 Å². The van der Waals surface area contributed by atoms with Crippen molar-refractivity contribution in [2.24, 2.45) is 11.7 Å². The standard InChI is InChI=1S/C16H17N4O2/c1-10-12(15(17)22)3-2-8-20-14(21)9-13(19-16(10)20)11-4-6-18-7-5-11/h4-7,9,12H,2-3,8H2,1H3,(H2,17,22). The molecule has 0 fully saturated rings. The number of pyridine rings is 1. The molecular weight excluding hydrogens is 280 g/mol. The highest BCUT2D eigenvalue weighted by molar-refractivity contribution is 5.79. The van der Waals surface area contributed by atoms with Gasteiger partial charge in [-0.1, -0.05) is 6.92 Å². The summed E-state index contributed by atoms with van der Waals surface area (Å²) in [6, 6.07) is 5.13. The third kappa shape index (κ3) is 2.52. The van der Waals surface area contributed by atoms with Gasteiger partial charge in [0.05, 0.1) is 17.5 Å². The first-order valence-electron chi connectivity index (χ1n) is 7.23. The zero-order chi connectivity index (χ0) is 15.7. The van der Waals surface area contributed by atoms with E-state index < -0.39 is 0 Å². The first-order valence-corrected chi connectivity index (χ1v) is 7.23. The zero-order valence-electron chi connectivity index (χ0n) is 12.3. The largest absolute Gasteiger partial charge is 0.369 e. The molecule has 3 heterocycles. The monoisotopic (exact) mass is 297 g/mol. The van der Waals surface area contributed by atoms with Gasteiger partial charge in [-0.2, -0.15) is 0 Å². The molecule has 22 heavy (non-hydrogen) atoms. The van der Waals surface area contributed by atoms with E-state index >= 15 is 0 Å². The van der Waals surface area contributed by atoms with E-state index in [2.05, 4.69) is 9.97 Å². The number of rotatable bonds is 2. The summed E-state index contributed by atoms with van der Waals surface area (Å²) in [5.74, 6) is 0.585. The van der Waals surface area contributed by atoms with Crippen LogP contribution in [-0.4, -0.2) is 20.4 Å². The van der Waals surface area contributed by atoms with E-state index in [-0.39, 0.29) is 17.4 Å². The van der Waals surface area contributed by atoms with Crippen LogP contribution in [0.2, 0.25) is 0 Å². The molecule has 2 aromatic heterocycles. The molecule has 0 aromatic carbocycles. The smallest absolute Gasteiger partial charge is 0.254 e. The molecule has 2 N–H and O–H groups in total. The fourth-order valence-corrected chi connectivity index (χ4v) is 2.88. The first-order chi connectivity index (χ1) is 10.6. The van der Waals surface area contributed by atoms with Gasteiger partial charge in [0.15, 0.2) is 0 Å². The molecule has 1 aliphatic rings. The minimum absolute atomic E-state index is 0.110. The summed E-state index contributed by atoms with van der Waals surface area (Å²) in [5.41, 5.74) is 6.79. The minimum atomic E-state index is -0.367. The van der Waals surface area contributed by atoms with Crippen LogP contribution in [0.1, 0.15) is 25.6 Å². The molecule has 0 aliphatic carbocycles. The van der Waals surface area contributed by atoms with Crippen molar-refractivity contribution in [3.63, 3.8) is 0 Å². The molecular formula is C16H17N4O2. The summed E-state index contributed by atoms with van der Waals surface area (Å²) in [7, 11) is 0. The van der Waals surface area contributed by atoms with Gasteiger partial charge in [-0.05, 0) is 25.0 Å². The average Bonchev–Trinajstić information content (AvgIpc) is 2.68. The summed E-state index contributed by atoms with van der Waals surface area (Å²) >= 11 is 0. The third-order valence-corrected chi connectivity index (χ3v) is 4.08. The molecule has 1 aliphatic heterocycles. The Kier molecular flexibility index (Phi) is 3.75. The van der Waals surface area contributed by atoms with Gasteiger partial charge in [-0.15, -0.1) is 0 Å². The SMILES string of the molecule is C[C]1c2nc(-c3ccncc3)cc(=O)n2CCCC1C(N)=O. The maximum absolute atomic E-state index is 12.4. The Morgan fingerprint density at radius 3 is 2.77 bits per heavy atom. The average molecular weight is 297 g/mol. The Labute approximate surface area is 128 Å². The quantitative estimate of drug-likeness (QED) is 0.900. The molecule has 113 valence electrons. The van der Waals surface area contributed by atoms with Crippen LogP contribution >= 0.6 is 0 Å². The highest BCUT2D eigenvalue weighted by Crippen LogP contribution is 2.29. The molecule has 1 amide bonds. The van der Waals surface area contributed by atoms with E-state index in [4.69, 9.17) is 5.73 Å². The number of aromatic nitrogens is 3. The van der Waals surface area contributed by atoms with E-state index in [0.29, 0.717) is 24.5 Å². The third-order valence-electron chi connectivity index (χ3n) is 4.08. The van der Waals surface area contributed by atoms with Crippen molar-refractivity contribution in [1.82, 2.24) is 14.5 Å². The fraction of sp³-hybridized carbons (Fsp3) is 0.312. The van der Waals surface area contributed by atoms with Crippen LogP contribution < -0.4 is 11.3 Å². The number of fused-ring (bicyclic) bond motifs is 1. The first kappa shape index (κ1) is 14.4. The summed E-state index contributed by atoms with van der Waals surface area (Å²) in [6.07, 6.45) is 4.69. The molecule has 1 atom stereocenters. The lowest BCUT2D eigenvalue weighted by atomic mass is 9.89. The molecule has 6 nitrogen and oxygen atoms in total. The maximum Gasteiger partial charge on any atom is 0.254 e. The van der Waals surface area contributed by atoms with Crippen molar-refractivity contribution in [3.8, 4) is 11.3 Å². The predicted molar refractivity (Wildman–Crippen MR) is 81.7 cm³/mol. The summed E-state index contributed by atoms with van der Waals surface area (Å²) < 4.78 is 1.63. The second kappa shape index (κ2) is 5.71. The van der Waals surface area contributed by atoms with E-state index in [1.54, 1.807) is 29.1 Å². The van der Waals surface area contributed by atoms with Crippen LogP contribution in [0.3, 0.4) is 0 Å². The molecule has 0 saturated carbocycles. The van der Waals surface area contributed by atoms with Crippen LogP contribution in [0.5, 0.6) is 0 Å². The van der Waals surface area contributed by atoms with Gasteiger partial charge in [0, 0.05) is 30.6 Å². The van der Waals surface area contributed by atoms with Gasteiger partial charge in [0.2, 0.25) is 5.91 Å². The minimum Gasteiger partial charge on any atom is -0.369 e. The number of hydrogen-bond donors (Lipinski definition) is 1.